The van der Waals surface area contributed by atoms with Crippen LogP contribution in [-0.4, -0.2) is 47.9 Å². The van der Waals surface area contributed by atoms with E-state index in [0.29, 0.717) is 43.8 Å². The first-order chi connectivity index (χ1) is 11.9. The molecule has 0 saturated carbocycles. The van der Waals surface area contributed by atoms with Crippen LogP contribution in [0.3, 0.4) is 0 Å². The average Bonchev–Trinajstić information content (AvgIpc) is 2.57. The topological polar surface area (TPSA) is 102 Å². The number of non-ortho nitro benzene ring substituents is 1. The number of amides is 1. The number of benzene rings is 1. The van der Waals surface area contributed by atoms with Crippen LogP contribution in [0.25, 0.3) is 0 Å². The number of carbonyl (C=O) groups is 2. The zero-order valence-electron chi connectivity index (χ0n) is 14.5. The third-order valence-corrected chi connectivity index (χ3v) is 4.27. The number of anilines is 1. The van der Waals surface area contributed by atoms with Gasteiger partial charge in [0.25, 0.3) is 5.69 Å². The van der Waals surface area contributed by atoms with Crippen LogP contribution in [0.15, 0.2) is 18.2 Å². The molecule has 1 aliphatic rings. The van der Waals surface area contributed by atoms with E-state index in [4.69, 9.17) is 4.74 Å². The highest BCUT2D eigenvalue weighted by Gasteiger charge is 2.26. The Labute approximate surface area is 146 Å². The first-order valence-corrected chi connectivity index (χ1v) is 8.34. The number of esters is 1. The number of nitro groups is 1. The number of piperidine rings is 1. The number of rotatable bonds is 6. The highest BCUT2D eigenvalue weighted by molar-refractivity contribution is 5.93. The molecule has 1 heterocycles. The van der Waals surface area contributed by atoms with Gasteiger partial charge in [-0.15, -0.1) is 0 Å². The summed E-state index contributed by atoms with van der Waals surface area (Å²) in [6, 6.07) is 4.34. The molecule has 0 aromatic heterocycles. The van der Waals surface area contributed by atoms with Crippen molar-refractivity contribution >= 4 is 23.3 Å². The summed E-state index contributed by atoms with van der Waals surface area (Å²) in [5.74, 6) is -0.421. The zero-order chi connectivity index (χ0) is 18.4. The first-order valence-electron chi connectivity index (χ1n) is 8.34. The maximum absolute atomic E-state index is 12.2. The van der Waals surface area contributed by atoms with E-state index in [1.165, 1.54) is 12.1 Å². The molecule has 0 unspecified atom stereocenters. The van der Waals surface area contributed by atoms with Crippen molar-refractivity contribution in [3.8, 4) is 0 Å². The minimum Gasteiger partial charge on any atom is -0.466 e. The molecule has 1 saturated heterocycles. The maximum atomic E-state index is 12.2. The fourth-order valence-electron chi connectivity index (χ4n) is 2.88. The van der Waals surface area contributed by atoms with Crippen LogP contribution in [0.1, 0.15) is 25.3 Å². The molecule has 1 aromatic rings. The van der Waals surface area contributed by atoms with Gasteiger partial charge in [-0.2, -0.15) is 0 Å². The minimum atomic E-state index is -0.466. The van der Waals surface area contributed by atoms with Crippen molar-refractivity contribution in [1.82, 2.24) is 4.90 Å². The lowest BCUT2D eigenvalue weighted by Gasteiger charge is -2.30. The van der Waals surface area contributed by atoms with Gasteiger partial charge >= 0.3 is 5.97 Å². The van der Waals surface area contributed by atoms with Crippen LogP contribution in [0.4, 0.5) is 11.4 Å². The van der Waals surface area contributed by atoms with Gasteiger partial charge in [0.1, 0.15) is 0 Å². The fourth-order valence-corrected chi connectivity index (χ4v) is 2.88. The molecule has 25 heavy (non-hydrogen) atoms. The Bertz CT molecular complexity index is 654. The number of aryl methyl sites for hydroxylation is 1. The van der Waals surface area contributed by atoms with E-state index in [-0.39, 0.29) is 30.0 Å². The Hall–Kier alpha value is -2.48. The van der Waals surface area contributed by atoms with Crippen LogP contribution < -0.4 is 5.32 Å². The normalized spacial score (nSPS) is 15.6. The first kappa shape index (κ1) is 18.9. The van der Waals surface area contributed by atoms with Gasteiger partial charge in [0.05, 0.1) is 24.0 Å². The van der Waals surface area contributed by atoms with E-state index in [1.807, 2.05) is 4.90 Å². The van der Waals surface area contributed by atoms with E-state index >= 15 is 0 Å². The number of hydrogen-bond acceptors (Lipinski definition) is 6. The van der Waals surface area contributed by atoms with E-state index in [9.17, 15) is 19.7 Å². The second-order valence-electron chi connectivity index (χ2n) is 6.11. The maximum Gasteiger partial charge on any atom is 0.309 e. The number of nitrogens with one attached hydrogen (secondary N) is 1. The highest BCUT2D eigenvalue weighted by atomic mass is 16.6. The Morgan fingerprint density at radius 1 is 1.36 bits per heavy atom. The summed E-state index contributed by atoms with van der Waals surface area (Å²) in [5, 5.41) is 13.5. The lowest BCUT2D eigenvalue weighted by molar-refractivity contribution is -0.384. The van der Waals surface area contributed by atoms with Crippen molar-refractivity contribution in [2.24, 2.45) is 5.92 Å². The van der Waals surface area contributed by atoms with E-state index in [0.717, 1.165) is 0 Å². The highest BCUT2D eigenvalue weighted by Crippen LogP contribution is 2.22. The van der Waals surface area contributed by atoms with Gasteiger partial charge < -0.3 is 10.1 Å². The predicted molar refractivity (Wildman–Crippen MR) is 92.3 cm³/mol. The Balaban J connectivity index is 1.83. The predicted octanol–water partition coefficient (Wildman–Crippen LogP) is 2.12. The molecule has 0 atom stereocenters. The molecule has 8 nitrogen and oxygen atoms in total. The monoisotopic (exact) mass is 349 g/mol. The van der Waals surface area contributed by atoms with Crippen molar-refractivity contribution < 1.29 is 19.2 Å². The SMILES string of the molecule is CCOC(=O)C1CCN(CC(=O)Nc2ccc([N+](=O)[O-])cc2C)CC1. The average molecular weight is 349 g/mol. The third-order valence-electron chi connectivity index (χ3n) is 4.27. The number of carbonyl (C=O) groups excluding carboxylic acids is 2. The Morgan fingerprint density at radius 3 is 2.60 bits per heavy atom. The zero-order valence-corrected chi connectivity index (χ0v) is 14.5. The van der Waals surface area contributed by atoms with Crippen LogP contribution >= 0.6 is 0 Å². The molecular formula is C17H23N3O5. The number of hydrogen-bond donors (Lipinski definition) is 1. The van der Waals surface area contributed by atoms with Crippen LogP contribution in [0, 0.1) is 23.0 Å². The third kappa shape index (κ3) is 5.25. The van der Waals surface area contributed by atoms with Crippen LogP contribution in [0.5, 0.6) is 0 Å². The second-order valence-corrected chi connectivity index (χ2v) is 6.11. The molecule has 1 amide bonds. The van der Waals surface area contributed by atoms with Crippen molar-refractivity contribution in [2.45, 2.75) is 26.7 Å². The molecular weight excluding hydrogens is 326 g/mol. The van der Waals surface area contributed by atoms with Gasteiger partial charge in [0, 0.05) is 17.8 Å². The molecule has 1 N–H and O–H groups in total. The molecule has 0 spiro atoms. The molecule has 136 valence electrons. The smallest absolute Gasteiger partial charge is 0.309 e. The lowest BCUT2D eigenvalue weighted by atomic mass is 9.97. The van der Waals surface area contributed by atoms with E-state index in [1.54, 1.807) is 19.9 Å². The summed E-state index contributed by atoms with van der Waals surface area (Å²) < 4.78 is 5.03. The molecule has 1 aromatic carbocycles. The summed E-state index contributed by atoms with van der Waals surface area (Å²) >= 11 is 0. The quantitative estimate of drug-likeness (QED) is 0.479. The summed E-state index contributed by atoms with van der Waals surface area (Å²) in [6.45, 7) is 5.44. The fraction of sp³-hybridized carbons (Fsp3) is 0.529. The summed E-state index contributed by atoms with van der Waals surface area (Å²) in [7, 11) is 0. The lowest BCUT2D eigenvalue weighted by Crippen LogP contribution is -2.41. The van der Waals surface area contributed by atoms with Gasteiger partial charge in [-0.3, -0.25) is 24.6 Å². The molecule has 2 rings (SSSR count). The summed E-state index contributed by atoms with van der Waals surface area (Å²) in [5.41, 5.74) is 1.21. The van der Waals surface area contributed by atoms with Crippen LogP contribution in [0.2, 0.25) is 0 Å². The van der Waals surface area contributed by atoms with Gasteiger partial charge in [0.15, 0.2) is 0 Å². The Kier molecular flexibility index (Phi) is 6.46. The van der Waals surface area contributed by atoms with Crippen molar-refractivity contribution in [1.29, 1.82) is 0 Å². The van der Waals surface area contributed by atoms with Gasteiger partial charge in [0.2, 0.25) is 5.91 Å². The number of nitrogens with zero attached hydrogens (tertiary/aromatic N) is 2. The van der Waals surface area contributed by atoms with Gasteiger partial charge in [-0.1, -0.05) is 0 Å². The molecule has 0 bridgehead atoms. The molecule has 0 aliphatic carbocycles. The second kappa shape index (κ2) is 8.57. The van der Waals surface area contributed by atoms with Crippen molar-refractivity contribution in [3.05, 3.63) is 33.9 Å². The Morgan fingerprint density at radius 2 is 2.04 bits per heavy atom. The summed E-state index contributed by atoms with van der Waals surface area (Å²) in [6.07, 6.45) is 1.37. The molecule has 1 aliphatic heterocycles. The minimum absolute atomic E-state index is 0.00321. The standard InChI is InChI=1S/C17H23N3O5/c1-3-25-17(22)13-6-8-19(9-7-13)11-16(21)18-15-5-4-14(20(23)24)10-12(15)2/h4-5,10,13H,3,6-9,11H2,1-2H3,(H,18,21). The number of ether oxygens (including phenoxy) is 1. The number of likely N-dealkylation sites (tertiary alicyclic amines) is 1. The van der Waals surface area contributed by atoms with Crippen molar-refractivity contribution in [3.63, 3.8) is 0 Å². The van der Waals surface area contributed by atoms with E-state index in [2.05, 4.69) is 5.32 Å². The molecule has 8 heteroatoms. The van der Waals surface area contributed by atoms with E-state index < -0.39 is 4.92 Å². The van der Waals surface area contributed by atoms with Gasteiger partial charge in [-0.25, -0.2) is 0 Å². The van der Waals surface area contributed by atoms with Crippen LogP contribution in [-0.2, 0) is 14.3 Å². The number of nitro benzene ring substituents is 1. The largest absolute Gasteiger partial charge is 0.466 e. The van der Waals surface area contributed by atoms with Crippen molar-refractivity contribution in [2.75, 3.05) is 31.6 Å². The molecule has 1 fully saturated rings. The van der Waals surface area contributed by atoms with Gasteiger partial charge in [-0.05, 0) is 51.4 Å². The molecule has 0 radical (unpaired) electrons. The summed E-state index contributed by atoms with van der Waals surface area (Å²) in [4.78, 5) is 36.2.